The lowest BCUT2D eigenvalue weighted by atomic mass is 10.2. The van der Waals surface area contributed by atoms with Gasteiger partial charge in [0.15, 0.2) is 0 Å². The maximum atomic E-state index is 12.2. The molecule has 0 aliphatic carbocycles. The summed E-state index contributed by atoms with van der Waals surface area (Å²) in [4.78, 5) is 36.8. The van der Waals surface area contributed by atoms with E-state index in [9.17, 15) is 14.4 Å². The quantitative estimate of drug-likeness (QED) is 0.730. The van der Waals surface area contributed by atoms with E-state index in [1.807, 2.05) is 0 Å². The van der Waals surface area contributed by atoms with Crippen LogP contribution in [0.1, 0.15) is 26.7 Å². The summed E-state index contributed by atoms with van der Waals surface area (Å²) in [5, 5.41) is 8.80. The van der Waals surface area contributed by atoms with Gasteiger partial charge in [0, 0.05) is 12.6 Å². The van der Waals surface area contributed by atoms with Crippen molar-refractivity contribution in [1.29, 1.82) is 0 Å². The van der Waals surface area contributed by atoms with Gasteiger partial charge in [-0.1, -0.05) is 0 Å². The molecular formula is C11H19N3O4. The lowest BCUT2D eigenvalue weighted by molar-refractivity contribution is -0.138. The van der Waals surface area contributed by atoms with Crippen molar-refractivity contribution in [3.8, 4) is 0 Å². The molecule has 1 atom stereocenters. The molecule has 0 radical (unpaired) electrons. The SMILES string of the molecule is CC(C)N(CC(=O)O)C(=O)N1CCCC1C(N)=O. The summed E-state index contributed by atoms with van der Waals surface area (Å²) in [7, 11) is 0. The molecule has 18 heavy (non-hydrogen) atoms. The lowest BCUT2D eigenvalue weighted by Gasteiger charge is -2.32. The van der Waals surface area contributed by atoms with Crippen molar-refractivity contribution in [1.82, 2.24) is 9.80 Å². The Balaban J connectivity index is 2.82. The first kappa shape index (κ1) is 14.3. The summed E-state index contributed by atoms with van der Waals surface area (Å²) < 4.78 is 0. The fraction of sp³-hybridized carbons (Fsp3) is 0.727. The molecule has 1 heterocycles. The Hall–Kier alpha value is -1.79. The second-order valence-corrected chi connectivity index (χ2v) is 4.65. The third-order valence-electron chi connectivity index (χ3n) is 3.00. The number of rotatable bonds is 4. The van der Waals surface area contributed by atoms with E-state index >= 15 is 0 Å². The van der Waals surface area contributed by atoms with Crippen LogP contribution >= 0.6 is 0 Å². The largest absolute Gasteiger partial charge is 0.480 e. The molecule has 0 aromatic rings. The van der Waals surface area contributed by atoms with Crippen LogP contribution in [-0.4, -0.2) is 58.0 Å². The van der Waals surface area contributed by atoms with Crippen LogP contribution in [0.5, 0.6) is 0 Å². The minimum atomic E-state index is -1.08. The summed E-state index contributed by atoms with van der Waals surface area (Å²) in [6.45, 7) is 3.53. The van der Waals surface area contributed by atoms with Gasteiger partial charge in [0.1, 0.15) is 12.6 Å². The van der Waals surface area contributed by atoms with Crippen molar-refractivity contribution < 1.29 is 19.5 Å². The molecule has 1 aliphatic heterocycles. The Bertz CT molecular complexity index is 352. The summed E-state index contributed by atoms with van der Waals surface area (Å²) in [5.74, 6) is -1.62. The molecule has 0 spiro atoms. The summed E-state index contributed by atoms with van der Waals surface area (Å²) in [5.41, 5.74) is 5.24. The first-order valence-corrected chi connectivity index (χ1v) is 5.93. The average Bonchev–Trinajstić information content (AvgIpc) is 2.73. The molecule has 102 valence electrons. The number of aliphatic carboxylic acids is 1. The van der Waals surface area contributed by atoms with Gasteiger partial charge in [0.05, 0.1) is 0 Å². The zero-order chi connectivity index (χ0) is 13.9. The van der Waals surface area contributed by atoms with Gasteiger partial charge < -0.3 is 20.6 Å². The molecule has 3 amide bonds. The van der Waals surface area contributed by atoms with Crippen molar-refractivity contribution in [2.24, 2.45) is 5.73 Å². The van der Waals surface area contributed by atoms with E-state index in [0.717, 1.165) is 0 Å². The fourth-order valence-corrected chi connectivity index (χ4v) is 2.07. The van der Waals surface area contributed by atoms with Gasteiger partial charge in [0.2, 0.25) is 5.91 Å². The molecule has 1 fully saturated rings. The number of hydrogen-bond acceptors (Lipinski definition) is 3. The molecule has 1 saturated heterocycles. The van der Waals surface area contributed by atoms with Crippen LogP contribution in [-0.2, 0) is 9.59 Å². The van der Waals surface area contributed by atoms with Crippen LogP contribution in [0, 0.1) is 0 Å². The smallest absolute Gasteiger partial charge is 0.323 e. The second kappa shape index (κ2) is 5.70. The number of urea groups is 1. The third kappa shape index (κ3) is 3.12. The average molecular weight is 257 g/mol. The maximum Gasteiger partial charge on any atom is 0.323 e. The number of nitrogens with two attached hydrogens (primary N) is 1. The maximum absolute atomic E-state index is 12.2. The van der Waals surface area contributed by atoms with E-state index in [-0.39, 0.29) is 12.6 Å². The summed E-state index contributed by atoms with van der Waals surface area (Å²) >= 11 is 0. The molecule has 0 saturated carbocycles. The van der Waals surface area contributed by atoms with E-state index in [0.29, 0.717) is 19.4 Å². The normalized spacial score (nSPS) is 19.1. The van der Waals surface area contributed by atoms with Crippen LogP contribution in [0.25, 0.3) is 0 Å². The zero-order valence-electron chi connectivity index (χ0n) is 10.6. The van der Waals surface area contributed by atoms with E-state index < -0.39 is 23.9 Å². The van der Waals surface area contributed by atoms with Crippen molar-refractivity contribution in [3.63, 3.8) is 0 Å². The fourth-order valence-electron chi connectivity index (χ4n) is 2.07. The highest BCUT2D eigenvalue weighted by atomic mass is 16.4. The van der Waals surface area contributed by atoms with Gasteiger partial charge >= 0.3 is 12.0 Å². The zero-order valence-corrected chi connectivity index (χ0v) is 10.6. The van der Waals surface area contributed by atoms with E-state index in [2.05, 4.69) is 0 Å². The van der Waals surface area contributed by atoms with Gasteiger partial charge in [-0.2, -0.15) is 0 Å². The van der Waals surface area contributed by atoms with Crippen LogP contribution < -0.4 is 5.73 Å². The van der Waals surface area contributed by atoms with Crippen LogP contribution in [0.3, 0.4) is 0 Å². The number of nitrogens with zero attached hydrogens (tertiary/aromatic N) is 2. The number of amides is 3. The van der Waals surface area contributed by atoms with Gasteiger partial charge in [0.25, 0.3) is 0 Å². The first-order valence-electron chi connectivity index (χ1n) is 5.93. The van der Waals surface area contributed by atoms with Crippen molar-refractivity contribution in [3.05, 3.63) is 0 Å². The van der Waals surface area contributed by atoms with Gasteiger partial charge in [-0.05, 0) is 26.7 Å². The molecule has 7 heteroatoms. The summed E-state index contributed by atoms with van der Waals surface area (Å²) in [6.07, 6.45) is 1.25. The van der Waals surface area contributed by atoms with Crippen molar-refractivity contribution >= 4 is 17.9 Å². The monoisotopic (exact) mass is 257 g/mol. The molecule has 3 N–H and O–H groups in total. The number of carbonyl (C=O) groups excluding carboxylic acids is 2. The van der Waals surface area contributed by atoms with Crippen LogP contribution in [0.2, 0.25) is 0 Å². The number of hydrogen-bond donors (Lipinski definition) is 2. The number of carboxylic acid groups (broad SMARTS) is 1. The Morgan fingerprint density at radius 3 is 2.50 bits per heavy atom. The van der Waals surface area contributed by atoms with Gasteiger partial charge in [-0.3, -0.25) is 9.59 Å². The predicted octanol–water partition coefficient (Wildman–Crippen LogP) is -0.149. The van der Waals surface area contributed by atoms with Crippen LogP contribution in [0.4, 0.5) is 4.79 Å². The van der Waals surface area contributed by atoms with Gasteiger partial charge in [-0.25, -0.2) is 4.79 Å². The standard InChI is InChI=1S/C11H19N3O4/c1-7(2)14(6-9(15)16)11(18)13-5-3-4-8(13)10(12)17/h7-8H,3-6H2,1-2H3,(H2,12,17)(H,15,16). The number of carbonyl (C=O) groups is 3. The molecule has 0 aromatic carbocycles. The molecular weight excluding hydrogens is 238 g/mol. The topological polar surface area (TPSA) is 104 Å². The van der Waals surface area contributed by atoms with E-state index in [1.54, 1.807) is 13.8 Å². The van der Waals surface area contributed by atoms with Crippen LogP contribution in [0.15, 0.2) is 0 Å². The number of carboxylic acids is 1. The molecule has 1 unspecified atom stereocenters. The molecule has 0 bridgehead atoms. The number of primary amides is 1. The third-order valence-corrected chi connectivity index (χ3v) is 3.00. The highest BCUT2D eigenvalue weighted by molar-refractivity contribution is 5.88. The predicted molar refractivity (Wildman–Crippen MR) is 63.8 cm³/mol. The highest BCUT2D eigenvalue weighted by Gasteiger charge is 2.36. The van der Waals surface area contributed by atoms with E-state index in [1.165, 1.54) is 9.80 Å². The Labute approximate surface area is 106 Å². The van der Waals surface area contributed by atoms with Crippen molar-refractivity contribution in [2.75, 3.05) is 13.1 Å². The molecule has 0 aromatic heterocycles. The summed E-state index contributed by atoms with van der Waals surface area (Å²) in [6, 6.07) is -1.30. The first-order chi connectivity index (χ1) is 8.34. The Kier molecular flexibility index (Phi) is 4.52. The van der Waals surface area contributed by atoms with E-state index in [4.69, 9.17) is 10.8 Å². The Morgan fingerprint density at radius 1 is 1.44 bits per heavy atom. The Morgan fingerprint density at radius 2 is 2.06 bits per heavy atom. The second-order valence-electron chi connectivity index (χ2n) is 4.65. The lowest BCUT2D eigenvalue weighted by Crippen LogP contribution is -2.52. The minimum absolute atomic E-state index is 0.247. The number of likely N-dealkylation sites (tertiary alicyclic amines) is 1. The molecule has 7 nitrogen and oxygen atoms in total. The highest BCUT2D eigenvalue weighted by Crippen LogP contribution is 2.19. The molecule has 1 rings (SSSR count). The van der Waals surface area contributed by atoms with Crippen molar-refractivity contribution in [2.45, 2.75) is 38.8 Å². The minimum Gasteiger partial charge on any atom is -0.480 e. The van der Waals surface area contributed by atoms with Gasteiger partial charge in [-0.15, -0.1) is 0 Å². The molecule has 1 aliphatic rings.